The molecular formula is C19H13Br2N5O. The van der Waals surface area contributed by atoms with Crippen LogP contribution in [0.25, 0.3) is 10.9 Å². The monoisotopic (exact) mass is 485 g/mol. The van der Waals surface area contributed by atoms with Gasteiger partial charge in [-0.3, -0.25) is 4.98 Å². The second-order valence-corrected chi connectivity index (χ2v) is 7.39. The summed E-state index contributed by atoms with van der Waals surface area (Å²) in [7, 11) is 0. The third kappa shape index (κ3) is 3.72. The predicted octanol–water partition coefficient (Wildman–Crippen LogP) is 5.67. The molecule has 0 bridgehead atoms. The molecule has 2 aromatic heterocycles. The number of fused-ring (bicyclic) bond motifs is 1. The van der Waals surface area contributed by atoms with Crippen LogP contribution in [0.2, 0.25) is 0 Å². The fraction of sp³-hybridized carbons (Fsp3) is 0. The van der Waals surface area contributed by atoms with Crippen molar-refractivity contribution >= 4 is 60.0 Å². The van der Waals surface area contributed by atoms with E-state index in [9.17, 15) is 0 Å². The molecule has 0 radical (unpaired) electrons. The highest BCUT2D eigenvalue weighted by molar-refractivity contribution is 9.11. The van der Waals surface area contributed by atoms with E-state index in [1.165, 1.54) is 6.33 Å². The number of rotatable bonds is 4. The Morgan fingerprint density at radius 2 is 1.74 bits per heavy atom. The molecule has 4 rings (SSSR count). The first kappa shape index (κ1) is 17.7. The molecule has 8 heteroatoms. The molecule has 134 valence electrons. The smallest absolute Gasteiger partial charge is 0.248 e. The van der Waals surface area contributed by atoms with E-state index in [1.807, 2.05) is 48.5 Å². The Morgan fingerprint density at radius 1 is 0.926 bits per heavy atom. The van der Waals surface area contributed by atoms with E-state index in [0.717, 1.165) is 20.0 Å². The number of benzene rings is 2. The first-order valence-electron chi connectivity index (χ1n) is 7.96. The lowest BCUT2D eigenvalue weighted by Crippen LogP contribution is -2.03. The number of nitrogen functional groups attached to an aromatic ring is 1. The number of halogens is 2. The van der Waals surface area contributed by atoms with Gasteiger partial charge < -0.3 is 15.8 Å². The average Bonchev–Trinajstić information content (AvgIpc) is 2.69. The number of anilines is 3. The predicted molar refractivity (Wildman–Crippen MR) is 113 cm³/mol. The van der Waals surface area contributed by atoms with E-state index in [1.54, 1.807) is 6.20 Å². The first-order valence-corrected chi connectivity index (χ1v) is 9.54. The van der Waals surface area contributed by atoms with E-state index in [-0.39, 0.29) is 5.88 Å². The summed E-state index contributed by atoms with van der Waals surface area (Å²) >= 11 is 6.94. The van der Waals surface area contributed by atoms with Gasteiger partial charge in [-0.15, -0.1) is 0 Å². The van der Waals surface area contributed by atoms with E-state index in [4.69, 9.17) is 10.5 Å². The Labute approximate surface area is 172 Å². The van der Waals surface area contributed by atoms with Crippen molar-refractivity contribution in [3.05, 3.63) is 70.0 Å². The van der Waals surface area contributed by atoms with Crippen molar-refractivity contribution in [1.82, 2.24) is 15.0 Å². The Kier molecular flexibility index (Phi) is 4.91. The molecule has 3 N–H and O–H groups in total. The van der Waals surface area contributed by atoms with Gasteiger partial charge in [-0.25, -0.2) is 4.98 Å². The number of hydrogen-bond donors (Lipinski definition) is 2. The summed E-state index contributed by atoms with van der Waals surface area (Å²) in [6.07, 6.45) is 3.12. The second-order valence-electron chi connectivity index (χ2n) is 5.62. The first-order chi connectivity index (χ1) is 13.1. The maximum absolute atomic E-state index is 6.23. The molecule has 0 spiro atoms. The topological polar surface area (TPSA) is 86.0 Å². The van der Waals surface area contributed by atoms with Crippen LogP contribution >= 0.6 is 31.9 Å². The minimum Gasteiger partial charge on any atom is -0.435 e. The summed E-state index contributed by atoms with van der Waals surface area (Å²) in [5, 5.41) is 4.11. The molecule has 0 unspecified atom stereocenters. The van der Waals surface area contributed by atoms with Crippen LogP contribution in [-0.4, -0.2) is 15.0 Å². The van der Waals surface area contributed by atoms with Crippen LogP contribution in [0.3, 0.4) is 0 Å². The van der Waals surface area contributed by atoms with Gasteiger partial charge in [0.15, 0.2) is 11.6 Å². The van der Waals surface area contributed by atoms with Crippen LogP contribution in [0, 0.1) is 0 Å². The van der Waals surface area contributed by atoms with Crippen LogP contribution in [0.4, 0.5) is 17.2 Å². The van der Waals surface area contributed by atoms with Crippen LogP contribution < -0.4 is 15.8 Å². The molecular weight excluding hydrogens is 474 g/mol. The van der Waals surface area contributed by atoms with Crippen molar-refractivity contribution in [1.29, 1.82) is 0 Å². The molecule has 0 aliphatic carbocycles. The highest BCUT2D eigenvalue weighted by Gasteiger charge is 2.13. The molecule has 0 saturated heterocycles. The molecule has 27 heavy (non-hydrogen) atoms. The van der Waals surface area contributed by atoms with Crippen LogP contribution in [0.5, 0.6) is 11.6 Å². The van der Waals surface area contributed by atoms with Crippen molar-refractivity contribution in [2.24, 2.45) is 0 Å². The lowest BCUT2D eigenvalue weighted by atomic mass is 10.2. The zero-order chi connectivity index (χ0) is 18.8. The Hall–Kier alpha value is -2.71. The Morgan fingerprint density at radius 3 is 2.56 bits per heavy atom. The van der Waals surface area contributed by atoms with Crippen LogP contribution in [-0.2, 0) is 0 Å². The molecule has 2 heterocycles. The summed E-state index contributed by atoms with van der Waals surface area (Å²) in [5.41, 5.74) is 8.11. The number of ether oxygens (including phenoxy) is 1. The molecule has 0 saturated carbocycles. The molecule has 4 aromatic rings. The van der Waals surface area contributed by atoms with Crippen molar-refractivity contribution in [2.75, 3.05) is 11.1 Å². The summed E-state index contributed by atoms with van der Waals surface area (Å²) in [6, 6.07) is 15.2. The number of hydrogen-bond acceptors (Lipinski definition) is 6. The molecule has 0 aliphatic rings. The van der Waals surface area contributed by atoms with Gasteiger partial charge in [0.2, 0.25) is 5.88 Å². The molecule has 0 atom stereocenters. The summed E-state index contributed by atoms with van der Waals surface area (Å²) < 4.78 is 7.89. The van der Waals surface area contributed by atoms with Gasteiger partial charge in [0.25, 0.3) is 0 Å². The maximum Gasteiger partial charge on any atom is 0.248 e. The fourth-order valence-corrected chi connectivity index (χ4v) is 3.25. The number of pyridine rings is 1. The molecule has 2 aromatic carbocycles. The minimum absolute atomic E-state index is 0.263. The van der Waals surface area contributed by atoms with E-state index in [0.29, 0.717) is 22.8 Å². The minimum atomic E-state index is 0.263. The lowest BCUT2D eigenvalue weighted by molar-refractivity contribution is 0.469. The highest BCUT2D eigenvalue weighted by atomic mass is 79.9. The summed E-state index contributed by atoms with van der Waals surface area (Å²) in [5.74, 6) is 1.30. The molecule has 6 nitrogen and oxygen atoms in total. The van der Waals surface area contributed by atoms with Crippen molar-refractivity contribution in [3.63, 3.8) is 0 Å². The van der Waals surface area contributed by atoms with E-state index < -0.39 is 0 Å². The highest BCUT2D eigenvalue weighted by Crippen LogP contribution is 2.35. The van der Waals surface area contributed by atoms with Crippen molar-refractivity contribution < 1.29 is 4.74 Å². The Balaban J connectivity index is 1.68. The number of nitrogens with two attached hydrogens (primary N) is 1. The van der Waals surface area contributed by atoms with Gasteiger partial charge in [-0.2, -0.15) is 4.98 Å². The van der Waals surface area contributed by atoms with Gasteiger partial charge in [-0.1, -0.05) is 37.9 Å². The number of aromatic nitrogens is 3. The standard InChI is InChI=1S/C19H13Br2N5O/c20-11-3-5-12(6-4-11)26-18-16(22)19(25-10-24-18)27-15-8-7-14(21)13-2-1-9-23-17(13)15/h1-10H,22H2,(H,24,25,26). The largest absolute Gasteiger partial charge is 0.435 e. The summed E-state index contributed by atoms with van der Waals surface area (Å²) in [4.78, 5) is 12.8. The van der Waals surface area contributed by atoms with Gasteiger partial charge in [0.1, 0.15) is 17.5 Å². The third-order valence-corrected chi connectivity index (χ3v) is 5.06. The van der Waals surface area contributed by atoms with Gasteiger partial charge in [-0.05, 0) is 42.5 Å². The zero-order valence-corrected chi connectivity index (χ0v) is 17.0. The zero-order valence-electron chi connectivity index (χ0n) is 13.9. The van der Waals surface area contributed by atoms with Crippen molar-refractivity contribution in [3.8, 4) is 11.6 Å². The van der Waals surface area contributed by atoms with Gasteiger partial charge in [0.05, 0.1) is 0 Å². The number of nitrogens with zero attached hydrogens (tertiary/aromatic N) is 3. The van der Waals surface area contributed by atoms with E-state index >= 15 is 0 Å². The normalized spacial score (nSPS) is 10.7. The third-order valence-electron chi connectivity index (χ3n) is 3.84. The molecule has 0 aliphatic heterocycles. The lowest BCUT2D eigenvalue weighted by Gasteiger charge is -2.13. The second kappa shape index (κ2) is 7.50. The molecule has 0 amide bonds. The SMILES string of the molecule is Nc1c(Nc2ccc(Br)cc2)ncnc1Oc1ccc(Br)c2cccnc12. The number of nitrogens with one attached hydrogen (secondary N) is 1. The van der Waals surface area contributed by atoms with Gasteiger partial charge in [0, 0.05) is 26.2 Å². The maximum atomic E-state index is 6.23. The van der Waals surface area contributed by atoms with Crippen LogP contribution in [0.15, 0.2) is 70.0 Å². The molecule has 0 fully saturated rings. The Bertz CT molecular complexity index is 1120. The van der Waals surface area contributed by atoms with E-state index in [2.05, 4.69) is 52.1 Å². The summed E-state index contributed by atoms with van der Waals surface area (Å²) in [6.45, 7) is 0. The average molecular weight is 487 g/mol. The van der Waals surface area contributed by atoms with Crippen molar-refractivity contribution in [2.45, 2.75) is 0 Å². The quantitative estimate of drug-likeness (QED) is 0.386. The fourth-order valence-electron chi connectivity index (χ4n) is 2.53. The van der Waals surface area contributed by atoms with Crippen LogP contribution in [0.1, 0.15) is 0 Å². The van der Waals surface area contributed by atoms with Gasteiger partial charge >= 0.3 is 0 Å².